The zero-order chi connectivity index (χ0) is 27.1. The first-order chi connectivity index (χ1) is 18.2. The van der Waals surface area contributed by atoms with Gasteiger partial charge in [0.05, 0.1) is 35.7 Å². The lowest BCUT2D eigenvalue weighted by Crippen LogP contribution is -2.29. The van der Waals surface area contributed by atoms with Gasteiger partial charge in [0, 0.05) is 5.69 Å². The molecular formula is C31H30ClNO5. The molecule has 0 spiro atoms. The molecule has 1 aliphatic heterocycles. The number of fused-ring (bicyclic) bond motifs is 2. The molecule has 7 heteroatoms. The molecule has 6 nitrogen and oxygen atoms in total. The number of ether oxygens (including phenoxy) is 2. The van der Waals surface area contributed by atoms with Crippen LogP contribution in [0.2, 0.25) is 5.02 Å². The number of halogens is 1. The molecule has 0 bridgehead atoms. The van der Waals surface area contributed by atoms with Gasteiger partial charge in [-0.15, -0.1) is 0 Å². The quantitative estimate of drug-likeness (QED) is 0.251. The van der Waals surface area contributed by atoms with Crippen LogP contribution in [0.1, 0.15) is 59.1 Å². The number of carbonyl (C=O) groups excluding carboxylic acids is 1. The topological polar surface area (TPSA) is 69.0 Å². The van der Waals surface area contributed by atoms with Crippen LogP contribution in [0.5, 0.6) is 11.5 Å². The first-order valence-corrected chi connectivity index (χ1v) is 13.0. The number of methoxy groups -OCH3 is 1. The van der Waals surface area contributed by atoms with Gasteiger partial charge in [-0.05, 0) is 85.3 Å². The minimum atomic E-state index is -0.724. The normalized spacial score (nSPS) is 14.9. The molecule has 1 aliphatic rings. The highest BCUT2D eigenvalue weighted by molar-refractivity contribution is 6.32. The minimum Gasteiger partial charge on any atom is -0.495 e. The highest BCUT2D eigenvalue weighted by Gasteiger charge is 2.44. The Bertz CT molecular complexity index is 1610. The van der Waals surface area contributed by atoms with Crippen LogP contribution in [-0.2, 0) is 0 Å². The minimum absolute atomic E-state index is 0.0359. The number of benzene rings is 3. The Balaban J connectivity index is 1.70. The molecule has 0 radical (unpaired) electrons. The molecule has 0 saturated carbocycles. The van der Waals surface area contributed by atoms with E-state index in [1.54, 1.807) is 23.1 Å². The Morgan fingerprint density at radius 2 is 1.79 bits per heavy atom. The van der Waals surface area contributed by atoms with E-state index in [0.29, 0.717) is 51.3 Å². The van der Waals surface area contributed by atoms with Crippen molar-refractivity contribution >= 4 is 34.2 Å². The summed E-state index contributed by atoms with van der Waals surface area (Å²) in [5.41, 5.74) is 3.69. The lowest BCUT2D eigenvalue weighted by atomic mass is 9.97. The Kier molecular flexibility index (Phi) is 6.93. The lowest BCUT2D eigenvalue weighted by molar-refractivity contribution is 0.0971. The van der Waals surface area contributed by atoms with Gasteiger partial charge in [-0.1, -0.05) is 37.6 Å². The van der Waals surface area contributed by atoms with Crippen molar-refractivity contribution in [3.05, 3.63) is 97.9 Å². The Morgan fingerprint density at radius 3 is 2.50 bits per heavy atom. The van der Waals surface area contributed by atoms with E-state index in [4.69, 9.17) is 25.5 Å². The van der Waals surface area contributed by atoms with Gasteiger partial charge in [0.1, 0.15) is 17.1 Å². The second kappa shape index (κ2) is 10.2. The van der Waals surface area contributed by atoms with E-state index in [9.17, 15) is 9.59 Å². The summed E-state index contributed by atoms with van der Waals surface area (Å²) < 4.78 is 17.5. The van der Waals surface area contributed by atoms with E-state index in [0.717, 1.165) is 23.1 Å². The molecule has 5 rings (SSSR count). The average molecular weight is 532 g/mol. The van der Waals surface area contributed by atoms with Crippen molar-refractivity contribution in [3.63, 3.8) is 0 Å². The van der Waals surface area contributed by atoms with Gasteiger partial charge in [0.15, 0.2) is 5.43 Å². The maximum Gasteiger partial charge on any atom is 0.295 e. The molecule has 1 aromatic heterocycles. The van der Waals surface area contributed by atoms with E-state index in [-0.39, 0.29) is 11.2 Å². The summed E-state index contributed by atoms with van der Waals surface area (Å²) in [6.07, 6.45) is 0.916. The highest BCUT2D eigenvalue weighted by Crippen LogP contribution is 2.43. The van der Waals surface area contributed by atoms with Gasteiger partial charge in [0.2, 0.25) is 5.76 Å². The number of hydrogen-bond acceptors (Lipinski definition) is 5. The van der Waals surface area contributed by atoms with Crippen LogP contribution >= 0.6 is 11.6 Å². The van der Waals surface area contributed by atoms with Crippen LogP contribution in [0.4, 0.5) is 5.69 Å². The Labute approximate surface area is 226 Å². The van der Waals surface area contributed by atoms with Crippen molar-refractivity contribution in [2.75, 3.05) is 18.6 Å². The third-order valence-electron chi connectivity index (χ3n) is 7.04. The summed E-state index contributed by atoms with van der Waals surface area (Å²) in [4.78, 5) is 29.4. The number of hydrogen-bond donors (Lipinski definition) is 0. The number of nitrogens with zero attached hydrogens (tertiary/aromatic N) is 1. The SMILES string of the molecule is COc1ccc(N2C(=O)c3oc4cc(C)c(C)cc4c(=O)c3C2c2cccc(OCCC(C)C)c2)cc1Cl. The standard InChI is InChI=1S/C31H30ClNO5/c1-17(2)11-12-37-22-8-6-7-20(15-22)28-27-29(34)23-13-18(3)19(4)14-26(23)38-30(27)31(35)33(28)21-9-10-25(36-5)24(32)16-21/h6-10,13-17,28H,11-12H2,1-5H3. The van der Waals surface area contributed by atoms with Crippen LogP contribution in [0.3, 0.4) is 0 Å². The van der Waals surface area contributed by atoms with E-state index >= 15 is 0 Å². The molecular weight excluding hydrogens is 502 g/mol. The summed E-state index contributed by atoms with van der Waals surface area (Å²) in [7, 11) is 1.53. The van der Waals surface area contributed by atoms with Crippen LogP contribution < -0.4 is 19.8 Å². The molecule has 1 atom stereocenters. The third kappa shape index (κ3) is 4.54. The van der Waals surface area contributed by atoms with E-state index in [2.05, 4.69) is 13.8 Å². The molecule has 4 aromatic rings. The van der Waals surface area contributed by atoms with Crippen LogP contribution in [-0.4, -0.2) is 19.6 Å². The van der Waals surface area contributed by atoms with E-state index < -0.39 is 11.9 Å². The second-order valence-corrected chi connectivity index (χ2v) is 10.5. The molecule has 0 fully saturated rings. The molecule has 0 N–H and O–H groups in total. The predicted octanol–water partition coefficient (Wildman–Crippen LogP) is 7.25. The first-order valence-electron chi connectivity index (χ1n) is 12.7. The highest BCUT2D eigenvalue weighted by atomic mass is 35.5. The predicted molar refractivity (Wildman–Crippen MR) is 150 cm³/mol. The number of anilines is 1. The van der Waals surface area contributed by atoms with Crippen LogP contribution in [0.25, 0.3) is 11.0 Å². The fourth-order valence-electron chi connectivity index (χ4n) is 4.80. The van der Waals surface area contributed by atoms with Gasteiger partial charge in [-0.25, -0.2) is 0 Å². The Hall–Kier alpha value is -3.77. The summed E-state index contributed by atoms with van der Waals surface area (Å²) in [6.45, 7) is 8.76. The molecule has 1 amide bonds. The van der Waals surface area contributed by atoms with Crippen molar-refractivity contribution in [1.82, 2.24) is 0 Å². The summed E-state index contributed by atoms with van der Waals surface area (Å²) in [6, 6.07) is 15.6. The smallest absolute Gasteiger partial charge is 0.295 e. The number of amides is 1. The number of aryl methyl sites for hydroxylation is 2. The fraction of sp³-hybridized carbons (Fsp3) is 0.290. The largest absolute Gasteiger partial charge is 0.495 e. The van der Waals surface area contributed by atoms with Gasteiger partial charge >= 0.3 is 0 Å². The lowest BCUT2D eigenvalue weighted by Gasteiger charge is -2.26. The van der Waals surface area contributed by atoms with Gasteiger partial charge in [-0.3, -0.25) is 14.5 Å². The number of rotatable bonds is 7. The number of carbonyl (C=O) groups is 1. The van der Waals surface area contributed by atoms with E-state index in [1.807, 2.05) is 50.2 Å². The summed E-state index contributed by atoms with van der Waals surface area (Å²) in [5.74, 6) is 1.30. The third-order valence-corrected chi connectivity index (χ3v) is 7.33. The first kappa shape index (κ1) is 25.9. The maximum atomic E-state index is 14.0. The molecule has 38 heavy (non-hydrogen) atoms. The van der Waals surface area contributed by atoms with Crippen molar-refractivity contribution in [1.29, 1.82) is 0 Å². The van der Waals surface area contributed by atoms with Gasteiger partial charge < -0.3 is 13.9 Å². The van der Waals surface area contributed by atoms with Crippen molar-refractivity contribution in [2.24, 2.45) is 5.92 Å². The van der Waals surface area contributed by atoms with E-state index in [1.165, 1.54) is 7.11 Å². The fourth-order valence-corrected chi connectivity index (χ4v) is 5.05. The van der Waals surface area contributed by atoms with Gasteiger partial charge in [-0.2, -0.15) is 0 Å². The summed E-state index contributed by atoms with van der Waals surface area (Å²) >= 11 is 6.45. The molecule has 3 aromatic carbocycles. The van der Waals surface area contributed by atoms with Crippen LogP contribution in [0, 0.1) is 19.8 Å². The van der Waals surface area contributed by atoms with Crippen LogP contribution in [0.15, 0.2) is 63.8 Å². The summed E-state index contributed by atoms with van der Waals surface area (Å²) in [5, 5.41) is 0.803. The molecule has 0 aliphatic carbocycles. The van der Waals surface area contributed by atoms with Crippen molar-refractivity contribution < 1.29 is 18.7 Å². The molecule has 1 unspecified atom stereocenters. The Morgan fingerprint density at radius 1 is 1.03 bits per heavy atom. The second-order valence-electron chi connectivity index (χ2n) is 10.1. The zero-order valence-corrected chi connectivity index (χ0v) is 22.9. The monoisotopic (exact) mass is 531 g/mol. The van der Waals surface area contributed by atoms with Crippen molar-refractivity contribution in [2.45, 2.75) is 40.2 Å². The molecule has 196 valence electrons. The zero-order valence-electron chi connectivity index (χ0n) is 22.1. The van der Waals surface area contributed by atoms with Gasteiger partial charge in [0.25, 0.3) is 5.91 Å². The average Bonchev–Trinajstić information content (AvgIpc) is 3.17. The molecule has 0 saturated heterocycles. The maximum absolute atomic E-state index is 14.0. The molecule has 2 heterocycles. The van der Waals surface area contributed by atoms with Crippen molar-refractivity contribution in [3.8, 4) is 11.5 Å².